The van der Waals surface area contributed by atoms with Gasteiger partial charge in [-0.2, -0.15) is 0 Å². The second kappa shape index (κ2) is 7.93. The Morgan fingerprint density at radius 2 is 1.93 bits per heavy atom. The average molecular weight is 425 g/mol. The third kappa shape index (κ3) is 4.29. The molecule has 0 bridgehead atoms. The Bertz CT molecular complexity index is 914. The number of esters is 1. The number of methoxy groups -OCH3 is 1. The van der Waals surface area contributed by atoms with E-state index in [1.807, 2.05) is 12.1 Å². The maximum absolute atomic E-state index is 11.5. The number of aryl methyl sites for hydroxylation is 1. The molecule has 0 fully saturated rings. The Morgan fingerprint density at radius 3 is 2.59 bits per heavy atom. The molecule has 2 aromatic rings. The number of rotatable bonds is 2. The van der Waals surface area contributed by atoms with Crippen molar-refractivity contribution in [2.24, 2.45) is 0 Å². The SMILES string of the molecule is COC(=O)c1ccc(C#C[Se]c2cc3c(cc2C)C(C)(C)CCC3C)cc1. The zero-order chi connectivity index (χ0) is 19.6. The van der Waals surface area contributed by atoms with Gasteiger partial charge in [0, 0.05) is 0 Å². The molecule has 3 rings (SSSR count). The van der Waals surface area contributed by atoms with E-state index in [9.17, 15) is 4.79 Å². The van der Waals surface area contributed by atoms with Crippen LogP contribution in [0.15, 0.2) is 36.4 Å². The summed E-state index contributed by atoms with van der Waals surface area (Å²) in [6.45, 7) is 9.27. The van der Waals surface area contributed by atoms with Crippen molar-refractivity contribution in [1.29, 1.82) is 0 Å². The summed E-state index contributed by atoms with van der Waals surface area (Å²) < 4.78 is 6.10. The summed E-state index contributed by atoms with van der Waals surface area (Å²) in [5.74, 6) is 3.55. The van der Waals surface area contributed by atoms with Crippen LogP contribution in [0.5, 0.6) is 0 Å². The van der Waals surface area contributed by atoms with Crippen LogP contribution in [0.4, 0.5) is 0 Å². The van der Waals surface area contributed by atoms with Crippen LogP contribution in [-0.4, -0.2) is 28.0 Å². The van der Waals surface area contributed by atoms with E-state index in [1.165, 1.54) is 41.1 Å². The average Bonchev–Trinajstić information content (AvgIpc) is 2.66. The number of hydrogen-bond acceptors (Lipinski definition) is 2. The van der Waals surface area contributed by atoms with E-state index in [0.717, 1.165) is 5.56 Å². The molecule has 0 aliphatic heterocycles. The van der Waals surface area contributed by atoms with Crippen molar-refractivity contribution < 1.29 is 9.53 Å². The van der Waals surface area contributed by atoms with Crippen molar-refractivity contribution in [3.8, 4) is 10.7 Å². The summed E-state index contributed by atoms with van der Waals surface area (Å²) in [7, 11) is 1.39. The molecule has 0 saturated heterocycles. The van der Waals surface area contributed by atoms with Crippen LogP contribution >= 0.6 is 0 Å². The topological polar surface area (TPSA) is 26.3 Å². The molecule has 1 atom stereocenters. The van der Waals surface area contributed by atoms with Gasteiger partial charge in [-0.15, -0.1) is 0 Å². The zero-order valence-corrected chi connectivity index (χ0v) is 18.4. The molecular weight excluding hydrogens is 399 g/mol. The van der Waals surface area contributed by atoms with Crippen LogP contribution < -0.4 is 4.46 Å². The van der Waals surface area contributed by atoms with Gasteiger partial charge in [0.2, 0.25) is 0 Å². The van der Waals surface area contributed by atoms with Crippen LogP contribution in [0, 0.1) is 17.7 Å². The first-order valence-electron chi connectivity index (χ1n) is 9.33. The Labute approximate surface area is 168 Å². The van der Waals surface area contributed by atoms with E-state index in [1.54, 1.807) is 12.1 Å². The third-order valence-electron chi connectivity index (χ3n) is 5.47. The molecule has 1 aliphatic carbocycles. The van der Waals surface area contributed by atoms with Crippen LogP contribution in [0.2, 0.25) is 0 Å². The minimum atomic E-state index is -0.319. The van der Waals surface area contributed by atoms with Gasteiger partial charge >= 0.3 is 169 Å². The maximum atomic E-state index is 11.5. The van der Waals surface area contributed by atoms with Crippen LogP contribution in [0.25, 0.3) is 0 Å². The predicted octanol–water partition coefficient (Wildman–Crippen LogP) is 4.30. The molecule has 0 N–H and O–H groups in total. The van der Waals surface area contributed by atoms with Crippen molar-refractivity contribution in [1.82, 2.24) is 0 Å². The fourth-order valence-electron chi connectivity index (χ4n) is 3.62. The summed E-state index contributed by atoms with van der Waals surface area (Å²) in [6.07, 6.45) is 2.51. The normalized spacial score (nSPS) is 17.4. The fraction of sp³-hybridized carbons (Fsp3) is 0.375. The molecule has 140 valence electrons. The molecule has 0 saturated carbocycles. The first kappa shape index (κ1) is 19.7. The predicted molar refractivity (Wildman–Crippen MR) is 112 cm³/mol. The number of hydrogen-bond donors (Lipinski definition) is 0. The number of ether oxygens (including phenoxy) is 1. The molecule has 0 heterocycles. The number of carbonyl (C=O) groups excluding carboxylic acids is 1. The molecule has 0 spiro atoms. The van der Waals surface area contributed by atoms with Gasteiger partial charge in [0.15, 0.2) is 0 Å². The molecule has 1 aliphatic rings. The summed E-state index contributed by atoms with van der Waals surface area (Å²) >= 11 is 0.113. The van der Waals surface area contributed by atoms with E-state index < -0.39 is 0 Å². The fourth-order valence-corrected chi connectivity index (χ4v) is 5.06. The van der Waals surface area contributed by atoms with Crippen LogP contribution in [0.3, 0.4) is 0 Å². The van der Waals surface area contributed by atoms with Gasteiger partial charge in [0.05, 0.1) is 0 Å². The van der Waals surface area contributed by atoms with Gasteiger partial charge < -0.3 is 0 Å². The third-order valence-corrected chi connectivity index (χ3v) is 7.28. The van der Waals surface area contributed by atoms with E-state index in [4.69, 9.17) is 4.74 Å². The molecule has 3 heteroatoms. The zero-order valence-electron chi connectivity index (χ0n) is 16.7. The summed E-state index contributed by atoms with van der Waals surface area (Å²) in [5.41, 5.74) is 6.13. The van der Waals surface area contributed by atoms with E-state index in [2.05, 4.69) is 50.6 Å². The van der Waals surface area contributed by atoms with Crippen LogP contribution in [-0.2, 0) is 10.2 Å². The van der Waals surface area contributed by atoms with Crippen LogP contribution in [0.1, 0.15) is 72.1 Å². The van der Waals surface area contributed by atoms with Gasteiger partial charge in [0.25, 0.3) is 0 Å². The summed E-state index contributed by atoms with van der Waals surface area (Å²) in [5, 5.41) is 0. The number of fused-ring (bicyclic) bond motifs is 1. The second-order valence-electron chi connectivity index (χ2n) is 7.93. The molecule has 27 heavy (non-hydrogen) atoms. The van der Waals surface area contributed by atoms with Gasteiger partial charge in [-0.25, -0.2) is 0 Å². The van der Waals surface area contributed by atoms with E-state index in [0.29, 0.717) is 11.5 Å². The first-order valence-corrected chi connectivity index (χ1v) is 11.0. The number of benzene rings is 2. The van der Waals surface area contributed by atoms with Gasteiger partial charge in [-0.1, -0.05) is 0 Å². The molecule has 2 aromatic carbocycles. The van der Waals surface area contributed by atoms with Gasteiger partial charge in [0.1, 0.15) is 0 Å². The molecule has 2 nitrogen and oxygen atoms in total. The Hall–Kier alpha value is -2.01. The van der Waals surface area contributed by atoms with E-state index in [-0.39, 0.29) is 26.3 Å². The summed E-state index contributed by atoms with van der Waals surface area (Å²) in [4.78, 5) is 14.9. The Balaban J connectivity index is 1.81. The molecule has 0 amide bonds. The van der Waals surface area contributed by atoms with Crippen molar-refractivity contribution in [2.45, 2.75) is 51.9 Å². The van der Waals surface area contributed by atoms with Crippen molar-refractivity contribution in [3.63, 3.8) is 0 Å². The molecule has 0 radical (unpaired) electrons. The number of carbonyl (C=O) groups is 1. The molecule has 0 aromatic heterocycles. The Morgan fingerprint density at radius 1 is 1.22 bits per heavy atom. The van der Waals surface area contributed by atoms with Gasteiger partial charge in [-0.05, 0) is 0 Å². The van der Waals surface area contributed by atoms with Crippen molar-refractivity contribution in [3.05, 3.63) is 64.2 Å². The van der Waals surface area contributed by atoms with Crippen molar-refractivity contribution >= 4 is 25.4 Å². The van der Waals surface area contributed by atoms with Gasteiger partial charge in [-0.3, -0.25) is 0 Å². The van der Waals surface area contributed by atoms with Crippen molar-refractivity contribution in [2.75, 3.05) is 7.11 Å². The monoisotopic (exact) mass is 426 g/mol. The molecule has 1 unspecified atom stereocenters. The standard InChI is InChI=1S/C24H26O2Se/c1-16-10-12-24(3,4)21-14-17(2)22(15-20(16)21)27-13-11-18-6-8-19(9-7-18)23(25)26-5/h6-9,14-16H,10,12H2,1-5H3. The minimum absolute atomic E-state index is 0.113. The summed E-state index contributed by atoms with van der Waals surface area (Å²) in [6, 6.07) is 12.1. The second-order valence-corrected chi connectivity index (χ2v) is 9.71. The quantitative estimate of drug-likeness (QED) is 0.408. The Kier molecular flexibility index (Phi) is 5.80. The first-order chi connectivity index (χ1) is 12.8. The molecular formula is C24H26O2Se. The van der Waals surface area contributed by atoms with E-state index >= 15 is 0 Å².